The van der Waals surface area contributed by atoms with Crippen molar-refractivity contribution in [2.24, 2.45) is 0 Å². The maximum absolute atomic E-state index is 11.6. The molecule has 2 heterocycles. The molecule has 0 fully saturated rings. The van der Waals surface area contributed by atoms with Crippen molar-refractivity contribution in [3.8, 4) is 10.6 Å². The number of carbonyl (C=O) groups excluding carboxylic acids is 1. The average molecular weight is 272 g/mol. The minimum absolute atomic E-state index is 0.163. The zero-order valence-electron chi connectivity index (χ0n) is 9.32. The number of rotatable bonds is 3. The van der Waals surface area contributed by atoms with Crippen LogP contribution in [0.2, 0.25) is 5.02 Å². The Hall–Kier alpha value is -1.33. The van der Waals surface area contributed by atoms with Gasteiger partial charge in [-0.15, -0.1) is 11.3 Å². The van der Waals surface area contributed by atoms with Crippen LogP contribution in [0.5, 0.6) is 0 Å². The molecule has 17 heavy (non-hydrogen) atoms. The minimum atomic E-state index is -0.502. The van der Waals surface area contributed by atoms with Gasteiger partial charge >= 0.3 is 5.97 Å². The molecule has 0 aliphatic rings. The lowest BCUT2D eigenvalue weighted by Crippen LogP contribution is -2.06. The van der Waals surface area contributed by atoms with E-state index >= 15 is 0 Å². The number of oxazole rings is 1. The maximum Gasteiger partial charge on any atom is 0.361 e. The zero-order chi connectivity index (χ0) is 12.4. The summed E-state index contributed by atoms with van der Waals surface area (Å²) >= 11 is 7.53. The highest BCUT2D eigenvalue weighted by atomic mass is 35.5. The zero-order valence-corrected chi connectivity index (χ0v) is 10.9. The molecule has 0 aliphatic carbocycles. The van der Waals surface area contributed by atoms with Gasteiger partial charge in [0.25, 0.3) is 0 Å². The van der Waals surface area contributed by atoms with E-state index in [-0.39, 0.29) is 5.69 Å². The Balaban J connectivity index is 2.44. The van der Waals surface area contributed by atoms with Crippen molar-refractivity contribution < 1.29 is 13.9 Å². The molecule has 0 unspecified atom stereocenters. The first-order chi connectivity index (χ1) is 8.15. The van der Waals surface area contributed by atoms with E-state index in [4.69, 9.17) is 20.8 Å². The Bertz CT molecular complexity index is 547. The summed E-state index contributed by atoms with van der Waals surface area (Å²) in [6.07, 6.45) is 1.22. The van der Waals surface area contributed by atoms with Crippen LogP contribution in [0.1, 0.15) is 23.0 Å². The summed E-state index contributed by atoms with van der Waals surface area (Å²) in [7, 11) is 0. The predicted octanol–water partition coefficient (Wildman–Crippen LogP) is 3.54. The molecule has 2 aromatic heterocycles. The number of hydrogen-bond donors (Lipinski definition) is 0. The molecule has 2 aromatic rings. The normalized spacial score (nSPS) is 10.5. The van der Waals surface area contributed by atoms with Crippen molar-refractivity contribution in [1.82, 2.24) is 4.98 Å². The topological polar surface area (TPSA) is 52.3 Å². The second kappa shape index (κ2) is 4.89. The quantitative estimate of drug-likeness (QED) is 0.801. The van der Waals surface area contributed by atoms with E-state index in [1.54, 1.807) is 6.92 Å². The van der Waals surface area contributed by atoms with E-state index < -0.39 is 5.97 Å². The molecule has 0 bridgehead atoms. The van der Waals surface area contributed by atoms with Gasteiger partial charge in [-0.3, -0.25) is 0 Å². The third kappa shape index (κ3) is 2.21. The summed E-state index contributed by atoms with van der Waals surface area (Å²) in [4.78, 5) is 16.2. The third-order valence-electron chi connectivity index (χ3n) is 2.14. The fourth-order valence-electron chi connectivity index (χ4n) is 1.34. The molecule has 0 aliphatic heterocycles. The number of nitrogens with zero attached hydrogens (tertiary/aromatic N) is 1. The van der Waals surface area contributed by atoms with Crippen molar-refractivity contribution in [3.63, 3.8) is 0 Å². The Morgan fingerprint density at radius 1 is 1.65 bits per heavy atom. The fraction of sp³-hybridized carbons (Fsp3) is 0.273. The van der Waals surface area contributed by atoms with Gasteiger partial charge in [0.1, 0.15) is 0 Å². The summed E-state index contributed by atoms with van der Waals surface area (Å²) in [6, 6.07) is 0. The molecular weight excluding hydrogens is 262 g/mol. The van der Waals surface area contributed by atoms with Crippen LogP contribution in [0.4, 0.5) is 0 Å². The number of aromatic nitrogens is 1. The predicted molar refractivity (Wildman–Crippen MR) is 65.5 cm³/mol. The Morgan fingerprint density at radius 3 is 3.00 bits per heavy atom. The van der Waals surface area contributed by atoms with Gasteiger partial charge in [-0.05, 0) is 24.8 Å². The summed E-state index contributed by atoms with van der Waals surface area (Å²) in [5, 5.41) is 2.48. The highest BCUT2D eigenvalue weighted by Gasteiger charge is 2.22. The van der Waals surface area contributed by atoms with E-state index in [1.807, 2.05) is 12.3 Å². The molecule has 0 amide bonds. The van der Waals surface area contributed by atoms with Crippen molar-refractivity contribution in [3.05, 3.63) is 28.1 Å². The maximum atomic E-state index is 11.6. The number of hydrogen-bond acceptors (Lipinski definition) is 5. The minimum Gasteiger partial charge on any atom is -0.461 e. The van der Waals surface area contributed by atoms with Crippen molar-refractivity contribution in [2.75, 3.05) is 6.61 Å². The molecule has 2 rings (SSSR count). The van der Waals surface area contributed by atoms with Gasteiger partial charge in [-0.1, -0.05) is 11.6 Å². The van der Waals surface area contributed by atoms with Gasteiger partial charge in [0.15, 0.2) is 17.8 Å². The van der Waals surface area contributed by atoms with Crippen LogP contribution in [0.3, 0.4) is 0 Å². The van der Waals surface area contributed by atoms with E-state index in [0.29, 0.717) is 22.3 Å². The monoisotopic (exact) mass is 271 g/mol. The van der Waals surface area contributed by atoms with E-state index in [0.717, 1.165) is 5.56 Å². The van der Waals surface area contributed by atoms with Gasteiger partial charge in [0, 0.05) is 0 Å². The molecule has 0 atom stereocenters. The van der Waals surface area contributed by atoms with Crippen molar-refractivity contribution >= 4 is 28.9 Å². The number of esters is 1. The summed E-state index contributed by atoms with van der Waals surface area (Å²) in [6.45, 7) is 3.92. The summed E-state index contributed by atoms with van der Waals surface area (Å²) in [5.74, 6) is -0.134. The molecule has 0 aromatic carbocycles. The SMILES string of the molecule is CCOC(=O)c1ncoc1-c1scc(C)c1Cl. The second-order valence-electron chi connectivity index (χ2n) is 3.31. The van der Waals surface area contributed by atoms with Crippen LogP contribution in [-0.4, -0.2) is 17.6 Å². The first kappa shape index (κ1) is 12.1. The fourth-order valence-corrected chi connectivity index (χ4v) is 2.60. The van der Waals surface area contributed by atoms with Gasteiger partial charge in [0.05, 0.1) is 16.5 Å². The van der Waals surface area contributed by atoms with Gasteiger partial charge in [-0.25, -0.2) is 9.78 Å². The summed E-state index contributed by atoms with van der Waals surface area (Å²) < 4.78 is 10.1. The molecule has 6 heteroatoms. The van der Waals surface area contributed by atoms with E-state index in [9.17, 15) is 4.79 Å². The molecule has 0 saturated carbocycles. The number of carbonyl (C=O) groups is 1. The lowest BCUT2D eigenvalue weighted by Gasteiger charge is -2.00. The number of aryl methyl sites for hydroxylation is 1. The van der Waals surface area contributed by atoms with Crippen molar-refractivity contribution in [2.45, 2.75) is 13.8 Å². The van der Waals surface area contributed by atoms with Gasteiger partial charge in [-0.2, -0.15) is 0 Å². The van der Waals surface area contributed by atoms with Crippen LogP contribution in [0.15, 0.2) is 16.2 Å². The van der Waals surface area contributed by atoms with E-state index in [2.05, 4.69) is 4.98 Å². The standard InChI is InChI=1S/C11H10ClNO3S/c1-3-15-11(14)8-9(16-5-13-8)10-7(12)6(2)4-17-10/h4-5H,3H2,1-2H3. The first-order valence-electron chi connectivity index (χ1n) is 4.99. The third-order valence-corrected chi connectivity index (χ3v) is 3.84. The summed E-state index contributed by atoms with van der Waals surface area (Å²) in [5.41, 5.74) is 1.11. The second-order valence-corrected chi connectivity index (χ2v) is 4.57. The lowest BCUT2D eigenvalue weighted by atomic mass is 10.2. The average Bonchev–Trinajstić information content (AvgIpc) is 2.88. The van der Waals surface area contributed by atoms with Crippen LogP contribution >= 0.6 is 22.9 Å². The Kier molecular flexibility index (Phi) is 3.49. The van der Waals surface area contributed by atoms with Crippen LogP contribution < -0.4 is 0 Å². The highest BCUT2D eigenvalue weighted by Crippen LogP contribution is 2.37. The number of ether oxygens (including phenoxy) is 1. The van der Waals surface area contributed by atoms with Crippen LogP contribution in [0.25, 0.3) is 10.6 Å². The van der Waals surface area contributed by atoms with Crippen LogP contribution in [-0.2, 0) is 4.74 Å². The largest absolute Gasteiger partial charge is 0.461 e. The molecule has 0 saturated heterocycles. The number of halogens is 1. The van der Waals surface area contributed by atoms with E-state index in [1.165, 1.54) is 17.7 Å². The van der Waals surface area contributed by atoms with Gasteiger partial charge < -0.3 is 9.15 Å². The molecule has 4 nitrogen and oxygen atoms in total. The Morgan fingerprint density at radius 2 is 2.41 bits per heavy atom. The first-order valence-corrected chi connectivity index (χ1v) is 6.25. The molecule has 0 N–H and O–H groups in total. The molecule has 0 spiro atoms. The smallest absolute Gasteiger partial charge is 0.361 e. The Labute approximate surface area is 107 Å². The lowest BCUT2D eigenvalue weighted by molar-refractivity contribution is 0.0520. The number of thiophene rings is 1. The van der Waals surface area contributed by atoms with Crippen molar-refractivity contribution in [1.29, 1.82) is 0 Å². The highest BCUT2D eigenvalue weighted by molar-refractivity contribution is 7.14. The van der Waals surface area contributed by atoms with Gasteiger partial charge in [0.2, 0.25) is 0 Å². The molecule has 0 radical (unpaired) electrons. The molecule has 90 valence electrons. The molecular formula is C11H10ClNO3S. The van der Waals surface area contributed by atoms with Crippen LogP contribution in [0, 0.1) is 6.92 Å².